The molecule has 2 aromatic rings. The monoisotopic (exact) mass is 413 g/mol. The third-order valence-corrected chi connectivity index (χ3v) is 3.74. The van der Waals surface area contributed by atoms with Gasteiger partial charge in [0.05, 0.1) is 18.3 Å². The summed E-state index contributed by atoms with van der Waals surface area (Å²) >= 11 is 6.98. The first-order valence-corrected chi connectivity index (χ1v) is 8.12. The topological polar surface area (TPSA) is 60.2 Å². The van der Waals surface area contributed by atoms with Gasteiger partial charge in [0.15, 0.2) is 0 Å². The highest BCUT2D eigenvalue weighted by atomic mass is 79.9. The summed E-state index contributed by atoms with van der Waals surface area (Å²) in [5.41, 5.74) is 4.81. The highest BCUT2D eigenvalue weighted by molar-refractivity contribution is 9.11. The van der Waals surface area contributed by atoms with Crippen LogP contribution in [0.25, 0.3) is 0 Å². The molecule has 0 radical (unpaired) electrons. The molecular formula is C15H17Br2N3O. The SMILES string of the molecule is CC(C)Oc1cncc(C(NN)c2cc(Br)cc(Br)c2)c1. The van der Waals surface area contributed by atoms with Gasteiger partial charge in [-0.1, -0.05) is 31.9 Å². The first-order chi connectivity index (χ1) is 9.99. The van der Waals surface area contributed by atoms with E-state index < -0.39 is 0 Å². The summed E-state index contributed by atoms with van der Waals surface area (Å²) in [6.45, 7) is 3.97. The minimum absolute atomic E-state index is 0.103. The number of nitrogens with two attached hydrogens (primary N) is 1. The van der Waals surface area contributed by atoms with E-state index in [1.807, 2.05) is 38.1 Å². The van der Waals surface area contributed by atoms with Crippen molar-refractivity contribution in [3.8, 4) is 5.75 Å². The number of hydrazine groups is 1. The van der Waals surface area contributed by atoms with E-state index in [4.69, 9.17) is 10.6 Å². The van der Waals surface area contributed by atoms with Crippen molar-refractivity contribution in [2.45, 2.75) is 26.0 Å². The number of pyridine rings is 1. The van der Waals surface area contributed by atoms with Crippen molar-refractivity contribution in [1.29, 1.82) is 0 Å². The Labute approximate surface area is 141 Å². The Hall–Kier alpha value is -0.950. The zero-order valence-corrected chi connectivity index (χ0v) is 15.0. The Morgan fingerprint density at radius 3 is 2.29 bits per heavy atom. The number of nitrogens with one attached hydrogen (secondary N) is 1. The van der Waals surface area contributed by atoms with Gasteiger partial charge < -0.3 is 4.74 Å². The van der Waals surface area contributed by atoms with Gasteiger partial charge in [-0.3, -0.25) is 10.8 Å². The molecule has 6 heteroatoms. The molecule has 21 heavy (non-hydrogen) atoms. The molecule has 0 amide bonds. The normalized spacial score (nSPS) is 12.5. The maximum Gasteiger partial charge on any atom is 0.138 e. The van der Waals surface area contributed by atoms with Crippen LogP contribution in [0.4, 0.5) is 0 Å². The van der Waals surface area contributed by atoms with Gasteiger partial charge in [0.25, 0.3) is 0 Å². The molecule has 1 aromatic heterocycles. The summed E-state index contributed by atoms with van der Waals surface area (Å²) in [5.74, 6) is 6.47. The second kappa shape index (κ2) is 7.35. The van der Waals surface area contributed by atoms with Gasteiger partial charge in [-0.15, -0.1) is 0 Å². The first kappa shape index (κ1) is 16.4. The smallest absolute Gasteiger partial charge is 0.138 e. The van der Waals surface area contributed by atoms with Crippen molar-refractivity contribution in [1.82, 2.24) is 10.4 Å². The summed E-state index contributed by atoms with van der Waals surface area (Å²) in [6.07, 6.45) is 3.59. The van der Waals surface area contributed by atoms with Crippen LogP contribution in [0.1, 0.15) is 31.0 Å². The third kappa shape index (κ3) is 4.51. The number of ether oxygens (including phenoxy) is 1. The molecule has 0 spiro atoms. The number of nitrogens with zero attached hydrogens (tertiary/aromatic N) is 1. The molecule has 0 fully saturated rings. The summed E-state index contributed by atoms with van der Waals surface area (Å²) in [5, 5.41) is 0. The van der Waals surface area contributed by atoms with E-state index in [0.717, 1.165) is 25.8 Å². The predicted molar refractivity (Wildman–Crippen MR) is 91.0 cm³/mol. The van der Waals surface area contributed by atoms with E-state index in [2.05, 4.69) is 42.3 Å². The highest BCUT2D eigenvalue weighted by Gasteiger charge is 2.15. The fourth-order valence-electron chi connectivity index (χ4n) is 2.06. The summed E-state index contributed by atoms with van der Waals surface area (Å²) < 4.78 is 7.65. The Balaban J connectivity index is 2.36. The number of halogens is 2. The van der Waals surface area contributed by atoms with E-state index in [9.17, 15) is 0 Å². The molecule has 1 heterocycles. The van der Waals surface area contributed by atoms with E-state index in [1.54, 1.807) is 12.4 Å². The maximum atomic E-state index is 5.74. The molecule has 0 aliphatic rings. The Morgan fingerprint density at radius 2 is 1.71 bits per heavy atom. The molecule has 1 unspecified atom stereocenters. The van der Waals surface area contributed by atoms with Crippen LogP contribution in [0.5, 0.6) is 5.75 Å². The Bertz CT molecular complexity index is 599. The summed E-state index contributed by atoms with van der Waals surface area (Å²) in [4.78, 5) is 4.23. The first-order valence-electron chi connectivity index (χ1n) is 6.53. The molecule has 112 valence electrons. The maximum absolute atomic E-state index is 5.74. The Morgan fingerprint density at radius 1 is 1.05 bits per heavy atom. The Kier molecular flexibility index (Phi) is 5.75. The molecular weight excluding hydrogens is 398 g/mol. The van der Waals surface area contributed by atoms with Crippen LogP contribution in [-0.2, 0) is 0 Å². The molecule has 0 saturated carbocycles. The van der Waals surface area contributed by atoms with E-state index >= 15 is 0 Å². The molecule has 3 N–H and O–H groups in total. The molecule has 0 aliphatic carbocycles. The number of hydrogen-bond acceptors (Lipinski definition) is 4. The molecule has 2 rings (SSSR count). The van der Waals surface area contributed by atoms with E-state index in [0.29, 0.717) is 0 Å². The van der Waals surface area contributed by atoms with Crippen LogP contribution in [0.2, 0.25) is 0 Å². The zero-order chi connectivity index (χ0) is 15.4. The fourth-order valence-corrected chi connectivity index (χ4v) is 3.39. The lowest BCUT2D eigenvalue weighted by Crippen LogP contribution is -2.29. The second-order valence-corrected chi connectivity index (χ2v) is 6.75. The highest BCUT2D eigenvalue weighted by Crippen LogP contribution is 2.29. The minimum atomic E-state index is -0.165. The molecule has 0 aliphatic heterocycles. The van der Waals surface area contributed by atoms with Crippen molar-refractivity contribution in [2.75, 3.05) is 0 Å². The van der Waals surface area contributed by atoms with Crippen LogP contribution in [0.15, 0.2) is 45.6 Å². The van der Waals surface area contributed by atoms with Gasteiger partial charge in [-0.25, -0.2) is 5.43 Å². The van der Waals surface area contributed by atoms with Crippen molar-refractivity contribution >= 4 is 31.9 Å². The van der Waals surface area contributed by atoms with Crippen LogP contribution in [0, 0.1) is 0 Å². The average molecular weight is 415 g/mol. The third-order valence-electron chi connectivity index (χ3n) is 2.82. The van der Waals surface area contributed by atoms with Gasteiger partial charge in [-0.2, -0.15) is 0 Å². The lowest BCUT2D eigenvalue weighted by molar-refractivity contribution is 0.241. The van der Waals surface area contributed by atoms with Crippen molar-refractivity contribution in [3.63, 3.8) is 0 Å². The fraction of sp³-hybridized carbons (Fsp3) is 0.267. The van der Waals surface area contributed by atoms with Crippen LogP contribution in [-0.4, -0.2) is 11.1 Å². The number of benzene rings is 1. The van der Waals surface area contributed by atoms with Gasteiger partial charge >= 0.3 is 0 Å². The molecule has 1 atom stereocenters. The second-order valence-electron chi connectivity index (χ2n) is 4.92. The van der Waals surface area contributed by atoms with Crippen molar-refractivity contribution < 1.29 is 4.74 Å². The summed E-state index contributed by atoms with van der Waals surface area (Å²) in [6, 6.07) is 7.80. The molecule has 0 bridgehead atoms. The van der Waals surface area contributed by atoms with Gasteiger partial charge in [-0.05, 0) is 49.2 Å². The van der Waals surface area contributed by atoms with Gasteiger partial charge in [0, 0.05) is 15.1 Å². The molecule has 1 aromatic carbocycles. The summed E-state index contributed by atoms with van der Waals surface area (Å²) in [7, 11) is 0. The number of aromatic nitrogens is 1. The van der Waals surface area contributed by atoms with Crippen LogP contribution >= 0.6 is 31.9 Å². The van der Waals surface area contributed by atoms with Crippen molar-refractivity contribution in [2.24, 2.45) is 5.84 Å². The minimum Gasteiger partial charge on any atom is -0.489 e. The number of rotatable bonds is 5. The standard InChI is InChI=1S/C15H17Br2N3O/c1-9(2)21-14-5-11(7-19-8-14)15(20-18)10-3-12(16)6-13(17)4-10/h3-9,15,20H,18H2,1-2H3. The van der Waals surface area contributed by atoms with Crippen LogP contribution < -0.4 is 16.0 Å². The largest absolute Gasteiger partial charge is 0.489 e. The van der Waals surface area contributed by atoms with E-state index in [-0.39, 0.29) is 12.1 Å². The van der Waals surface area contributed by atoms with Crippen molar-refractivity contribution in [3.05, 3.63) is 56.7 Å². The lowest BCUT2D eigenvalue weighted by atomic mass is 10.0. The van der Waals surface area contributed by atoms with Gasteiger partial charge in [0.2, 0.25) is 0 Å². The van der Waals surface area contributed by atoms with E-state index in [1.165, 1.54) is 0 Å². The lowest BCUT2D eigenvalue weighted by Gasteiger charge is -2.18. The van der Waals surface area contributed by atoms with Gasteiger partial charge in [0.1, 0.15) is 5.75 Å². The number of hydrogen-bond donors (Lipinski definition) is 2. The van der Waals surface area contributed by atoms with Crippen LogP contribution in [0.3, 0.4) is 0 Å². The zero-order valence-electron chi connectivity index (χ0n) is 11.8. The molecule has 0 saturated heterocycles. The molecule has 4 nitrogen and oxygen atoms in total. The quantitative estimate of drug-likeness (QED) is 0.574. The average Bonchev–Trinajstić information content (AvgIpc) is 2.38. The predicted octanol–water partition coefficient (Wildman–Crippen LogP) is 3.95.